The number of aromatic nitrogens is 1. The molecule has 1 aromatic rings. The first-order chi connectivity index (χ1) is 8.97. The predicted octanol–water partition coefficient (Wildman–Crippen LogP) is 3.62. The third kappa shape index (κ3) is 4.26. The molecule has 1 aliphatic rings. The molecule has 1 fully saturated rings. The van der Waals surface area contributed by atoms with Gasteiger partial charge in [0, 0.05) is 16.8 Å². The van der Waals surface area contributed by atoms with E-state index >= 15 is 0 Å². The number of thiazole rings is 1. The van der Waals surface area contributed by atoms with Crippen LogP contribution in [0.3, 0.4) is 0 Å². The lowest BCUT2D eigenvalue weighted by Gasteiger charge is -2.21. The molecule has 0 aromatic carbocycles. The van der Waals surface area contributed by atoms with Crippen molar-refractivity contribution in [2.75, 3.05) is 0 Å². The quantitative estimate of drug-likeness (QED) is 0.861. The second-order valence-corrected chi connectivity index (χ2v) is 7.47. The molecule has 19 heavy (non-hydrogen) atoms. The van der Waals surface area contributed by atoms with Crippen LogP contribution in [0.2, 0.25) is 0 Å². The zero-order valence-corrected chi connectivity index (χ0v) is 13.1. The molecule has 1 heterocycles. The first-order valence-electron chi connectivity index (χ1n) is 7.29. The Labute approximate surface area is 120 Å². The summed E-state index contributed by atoms with van der Waals surface area (Å²) in [5, 5.41) is 3.22. The first-order valence-corrected chi connectivity index (χ1v) is 8.17. The maximum atomic E-state index is 6.18. The van der Waals surface area contributed by atoms with Crippen LogP contribution in [-0.4, -0.2) is 17.1 Å². The second-order valence-electron chi connectivity index (χ2n) is 6.53. The van der Waals surface area contributed by atoms with Gasteiger partial charge < -0.3 is 10.5 Å². The van der Waals surface area contributed by atoms with Crippen molar-refractivity contribution in [2.45, 2.75) is 77.0 Å². The average Bonchev–Trinajstić information content (AvgIpc) is 2.72. The number of ether oxygens (including phenoxy) is 1. The Hall–Kier alpha value is -0.450. The molecule has 1 aliphatic carbocycles. The third-order valence-corrected chi connectivity index (χ3v) is 4.57. The van der Waals surface area contributed by atoms with Crippen LogP contribution in [0.4, 0.5) is 0 Å². The maximum absolute atomic E-state index is 6.18. The number of hydrogen-bond acceptors (Lipinski definition) is 4. The monoisotopic (exact) mass is 282 g/mol. The van der Waals surface area contributed by atoms with Crippen LogP contribution in [0.5, 0.6) is 0 Å². The Bertz CT molecular complexity index is 397. The molecule has 2 atom stereocenters. The molecule has 0 amide bonds. The minimum Gasteiger partial charge on any atom is -0.369 e. The van der Waals surface area contributed by atoms with Gasteiger partial charge >= 0.3 is 0 Å². The number of hydrogen-bond donors (Lipinski definition) is 1. The highest BCUT2D eigenvalue weighted by Gasteiger charge is 2.22. The molecule has 1 saturated carbocycles. The van der Waals surface area contributed by atoms with Crippen LogP contribution in [0.15, 0.2) is 5.38 Å². The van der Waals surface area contributed by atoms with Gasteiger partial charge in [0.15, 0.2) is 0 Å². The van der Waals surface area contributed by atoms with E-state index in [1.54, 1.807) is 11.3 Å². The van der Waals surface area contributed by atoms with E-state index < -0.39 is 0 Å². The first kappa shape index (κ1) is 14.9. The van der Waals surface area contributed by atoms with Crippen molar-refractivity contribution in [1.82, 2.24) is 4.98 Å². The van der Waals surface area contributed by atoms with Crippen LogP contribution < -0.4 is 5.73 Å². The topological polar surface area (TPSA) is 48.1 Å². The highest BCUT2D eigenvalue weighted by atomic mass is 32.1. The van der Waals surface area contributed by atoms with Crippen molar-refractivity contribution in [2.24, 2.45) is 5.73 Å². The Morgan fingerprint density at radius 1 is 1.32 bits per heavy atom. The molecule has 1 aromatic heterocycles. The van der Waals surface area contributed by atoms with Gasteiger partial charge in [-0.25, -0.2) is 4.98 Å². The molecule has 0 radical (unpaired) electrons. The third-order valence-electron chi connectivity index (χ3n) is 3.74. The predicted molar refractivity (Wildman–Crippen MR) is 80.5 cm³/mol. The van der Waals surface area contributed by atoms with Crippen molar-refractivity contribution in [3.8, 4) is 0 Å². The molecule has 2 unspecified atom stereocenters. The molecule has 2 N–H and O–H groups in total. The van der Waals surface area contributed by atoms with Gasteiger partial charge in [-0.1, -0.05) is 40.0 Å². The second kappa shape index (κ2) is 6.33. The summed E-state index contributed by atoms with van der Waals surface area (Å²) in [6, 6.07) is 0.199. The minimum atomic E-state index is 0.119. The van der Waals surface area contributed by atoms with E-state index in [4.69, 9.17) is 10.5 Å². The van der Waals surface area contributed by atoms with E-state index in [0.29, 0.717) is 6.61 Å². The minimum absolute atomic E-state index is 0.119. The fraction of sp³-hybridized carbons (Fsp3) is 0.800. The van der Waals surface area contributed by atoms with E-state index in [1.807, 2.05) is 0 Å². The summed E-state index contributed by atoms with van der Waals surface area (Å²) < 4.78 is 6.01. The van der Waals surface area contributed by atoms with Crippen molar-refractivity contribution in [3.63, 3.8) is 0 Å². The number of nitrogens with two attached hydrogens (primary N) is 1. The Morgan fingerprint density at radius 2 is 2.05 bits per heavy atom. The Balaban J connectivity index is 1.89. The van der Waals surface area contributed by atoms with Crippen LogP contribution in [0, 0.1) is 0 Å². The molecule has 2 rings (SSSR count). The van der Waals surface area contributed by atoms with E-state index in [1.165, 1.54) is 19.3 Å². The smallest absolute Gasteiger partial charge is 0.119 e. The highest BCUT2D eigenvalue weighted by molar-refractivity contribution is 7.09. The maximum Gasteiger partial charge on any atom is 0.119 e. The van der Waals surface area contributed by atoms with Gasteiger partial charge in [0.1, 0.15) is 5.01 Å². The van der Waals surface area contributed by atoms with E-state index in [-0.39, 0.29) is 17.6 Å². The Morgan fingerprint density at radius 3 is 2.74 bits per heavy atom. The fourth-order valence-electron chi connectivity index (χ4n) is 2.41. The van der Waals surface area contributed by atoms with E-state index in [0.717, 1.165) is 23.5 Å². The normalized spacial score (nSPS) is 25.3. The summed E-state index contributed by atoms with van der Waals surface area (Å²) in [4.78, 5) is 4.67. The number of rotatable bonds is 3. The molecular weight excluding hydrogens is 256 g/mol. The number of nitrogens with zero attached hydrogens (tertiary/aromatic N) is 1. The van der Waals surface area contributed by atoms with Gasteiger partial charge in [-0.3, -0.25) is 0 Å². The van der Waals surface area contributed by atoms with Crippen molar-refractivity contribution >= 4 is 11.3 Å². The van der Waals surface area contributed by atoms with E-state index in [2.05, 4.69) is 31.1 Å². The summed E-state index contributed by atoms with van der Waals surface area (Å²) in [6.07, 6.45) is 6.17. The zero-order chi connectivity index (χ0) is 13.9. The summed E-state index contributed by atoms with van der Waals surface area (Å²) in [5.74, 6) is 0. The van der Waals surface area contributed by atoms with Crippen molar-refractivity contribution in [3.05, 3.63) is 16.1 Å². The lowest BCUT2D eigenvalue weighted by Crippen LogP contribution is -2.35. The summed E-state index contributed by atoms with van der Waals surface area (Å²) in [6.45, 7) is 7.18. The largest absolute Gasteiger partial charge is 0.369 e. The lowest BCUT2D eigenvalue weighted by atomic mass is 9.93. The SMILES string of the molecule is CC(C)(C)c1csc(COC2CCCCCC2N)n1. The van der Waals surface area contributed by atoms with Gasteiger partial charge in [0.2, 0.25) is 0 Å². The zero-order valence-electron chi connectivity index (χ0n) is 12.3. The van der Waals surface area contributed by atoms with Crippen LogP contribution in [0.25, 0.3) is 0 Å². The van der Waals surface area contributed by atoms with Crippen molar-refractivity contribution in [1.29, 1.82) is 0 Å². The molecule has 0 spiro atoms. The van der Waals surface area contributed by atoms with Gasteiger partial charge in [-0.05, 0) is 12.8 Å². The van der Waals surface area contributed by atoms with Gasteiger partial charge in [0.05, 0.1) is 18.4 Å². The highest BCUT2D eigenvalue weighted by Crippen LogP contribution is 2.25. The van der Waals surface area contributed by atoms with Crippen LogP contribution in [-0.2, 0) is 16.8 Å². The molecule has 3 nitrogen and oxygen atoms in total. The molecule has 0 bridgehead atoms. The molecule has 0 aliphatic heterocycles. The molecule has 4 heteroatoms. The summed E-state index contributed by atoms with van der Waals surface area (Å²) >= 11 is 1.69. The molecular formula is C15H26N2OS. The summed E-state index contributed by atoms with van der Waals surface area (Å²) in [7, 11) is 0. The fourth-order valence-corrected chi connectivity index (χ4v) is 3.35. The summed E-state index contributed by atoms with van der Waals surface area (Å²) in [5.41, 5.74) is 7.45. The van der Waals surface area contributed by atoms with Crippen LogP contribution in [0.1, 0.15) is 63.6 Å². The lowest BCUT2D eigenvalue weighted by molar-refractivity contribution is 0.0193. The van der Waals surface area contributed by atoms with Crippen LogP contribution >= 0.6 is 11.3 Å². The van der Waals surface area contributed by atoms with Gasteiger partial charge in [-0.15, -0.1) is 11.3 Å². The van der Waals surface area contributed by atoms with Gasteiger partial charge in [0.25, 0.3) is 0 Å². The van der Waals surface area contributed by atoms with Crippen molar-refractivity contribution < 1.29 is 4.74 Å². The Kier molecular flexibility index (Phi) is 4.98. The van der Waals surface area contributed by atoms with Gasteiger partial charge in [-0.2, -0.15) is 0 Å². The average molecular weight is 282 g/mol. The molecule has 0 saturated heterocycles. The van der Waals surface area contributed by atoms with E-state index in [9.17, 15) is 0 Å². The standard InChI is InChI=1S/C15H26N2OS/c1-15(2,3)13-10-19-14(17-13)9-18-12-8-6-4-5-7-11(12)16/h10-12H,4-9,16H2,1-3H3. The molecule has 108 valence electrons.